The van der Waals surface area contributed by atoms with E-state index < -0.39 is 15.1 Å². The first-order chi connectivity index (χ1) is 14.4. The number of nitriles is 1. The second-order valence-electron chi connectivity index (χ2n) is 6.92. The number of halogens is 2. The predicted molar refractivity (Wildman–Crippen MR) is 118 cm³/mol. The van der Waals surface area contributed by atoms with Crippen LogP contribution >= 0.6 is 23.2 Å². The maximum atomic E-state index is 12.9. The normalized spacial score (nSPS) is 22.2. The topological polar surface area (TPSA) is 107 Å². The van der Waals surface area contributed by atoms with Gasteiger partial charge in [-0.1, -0.05) is 12.1 Å². The Bertz CT molecular complexity index is 1020. The SMILES string of the molecule is N#CNC(=NCc1ccc(S(=O)(=O)C2CCC(Cl)C(Cl)C2)cc1)Nc1ccncc1. The molecule has 0 radical (unpaired) electrons. The van der Waals surface area contributed by atoms with Crippen LogP contribution < -0.4 is 10.6 Å². The zero-order valence-corrected chi connectivity index (χ0v) is 18.3. The molecule has 10 heteroatoms. The molecule has 3 unspecified atom stereocenters. The van der Waals surface area contributed by atoms with Crippen LogP contribution in [0.25, 0.3) is 0 Å². The van der Waals surface area contributed by atoms with Gasteiger partial charge in [-0.2, -0.15) is 5.26 Å². The molecule has 3 atom stereocenters. The summed E-state index contributed by atoms with van der Waals surface area (Å²) in [7, 11) is -3.47. The number of aromatic nitrogens is 1. The van der Waals surface area contributed by atoms with Gasteiger partial charge in [0, 0.05) is 18.1 Å². The third-order valence-electron chi connectivity index (χ3n) is 4.87. The van der Waals surface area contributed by atoms with Gasteiger partial charge in [0.1, 0.15) is 0 Å². The average molecular weight is 466 g/mol. The van der Waals surface area contributed by atoms with Crippen LogP contribution in [-0.4, -0.2) is 35.4 Å². The number of guanidine groups is 1. The van der Waals surface area contributed by atoms with Crippen molar-refractivity contribution in [1.82, 2.24) is 10.3 Å². The van der Waals surface area contributed by atoms with E-state index >= 15 is 0 Å². The molecular weight excluding hydrogens is 445 g/mol. The van der Waals surface area contributed by atoms with Gasteiger partial charge < -0.3 is 5.32 Å². The minimum absolute atomic E-state index is 0.185. The predicted octanol–water partition coefficient (Wildman–Crippen LogP) is 3.66. The van der Waals surface area contributed by atoms with Crippen LogP contribution in [0.4, 0.5) is 5.69 Å². The number of sulfone groups is 1. The van der Waals surface area contributed by atoms with Crippen LogP contribution in [0.15, 0.2) is 58.7 Å². The summed E-state index contributed by atoms with van der Waals surface area (Å²) < 4.78 is 25.8. The maximum Gasteiger partial charge on any atom is 0.209 e. The number of benzene rings is 1. The third kappa shape index (κ3) is 5.63. The number of nitrogens with one attached hydrogen (secondary N) is 2. The minimum Gasteiger partial charge on any atom is -0.325 e. The van der Waals surface area contributed by atoms with Crippen molar-refractivity contribution >= 4 is 44.7 Å². The molecule has 7 nitrogen and oxygen atoms in total. The van der Waals surface area contributed by atoms with Gasteiger partial charge in [0.05, 0.1) is 27.4 Å². The van der Waals surface area contributed by atoms with E-state index in [0.29, 0.717) is 19.3 Å². The van der Waals surface area contributed by atoms with E-state index in [4.69, 9.17) is 28.5 Å². The van der Waals surface area contributed by atoms with Gasteiger partial charge in [0.25, 0.3) is 0 Å². The highest BCUT2D eigenvalue weighted by atomic mass is 35.5. The first kappa shape index (κ1) is 22.3. The van der Waals surface area contributed by atoms with Crippen molar-refractivity contribution in [3.8, 4) is 6.19 Å². The number of anilines is 1. The molecule has 0 spiro atoms. The Hall–Kier alpha value is -2.34. The highest BCUT2D eigenvalue weighted by Crippen LogP contribution is 2.34. The molecule has 1 saturated carbocycles. The van der Waals surface area contributed by atoms with E-state index in [2.05, 4.69) is 20.6 Å². The number of hydrogen-bond donors (Lipinski definition) is 2. The lowest BCUT2D eigenvalue weighted by molar-refractivity contribution is 0.493. The van der Waals surface area contributed by atoms with E-state index in [1.54, 1.807) is 48.8 Å². The molecule has 1 aromatic carbocycles. The average Bonchev–Trinajstić information content (AvgIpc) is 2.75. The fourth-order valence-corrected chi connectivity index (χ4v) is 5.69. The maximum absolute atomic E-state index is 12.9. The number of alkyl halides is 2. The number of aliphatic imine (C=N–C) groups is 1. The Kier molecular flexibility index (Phi) is 7.53. The third-order valence-corrected chi connectivity index (χ3v) is 8.24. The highest BCUT2D eigenvalue weighted by Gasteiger charge is 2.36. The minimum atomic E-state index is -3.47. The molecule has 1 aliphatic rings. The Morgan fingerprint density at radius 2 is 1.83 bits per heavy atom. The van der Waals surface area contributed by atoms with Gasteiger partial charge in [0.15, 0.2) is 16.0 Å². The summed E-state index contributed by atoms with van der Waals surface area (Å²) in [6.07, 6.45) is 6.54. The lowest BCUT2D eigenvalue weighted by Gasteiger charge is -2.29. The van der Waals surface area contributed by atoms with Crippen molar-refractivity contribution in [2.75, 3.05) is 5.32 Å². The Balaban J connectivity index is 1.68. The van der Waals surface area contributed by atoms with Gasteiger partial charge >= 0.3 is 0 Å². The summed E-state index contributed by atoms with van der Waals surface area (Å²) in [5.74, 6) is 0.284. The fourth-order valence-electron chi connectivity index (χ4n) is 3.21. The van der Waals surface area contributed by atoms with Gasteiger partial charge in [0.2, 0.25) is 5.96 Å². The van der Waals surface area contributed by atoms with E-state index in [-0.39, 0.29) is 28.2 Å². The smallest absolute Gasteiger partial charge is 0.209 e. The summed E-state index contributed by atoms with van der Waals surface area (Å²) >= 11 is 12.3. The summed E-state index contributed by atoms with van der Waals surface area (Å²) in [5, 5.41) is 13.4. The molecule has 1 aromatic heterocycles. The first-order valence-electron chi connectivity index (χ1n) is 9.37. The van der Waals surface area contributed by atoms with Crippen LogP contribution in [-0.2, 0) is 16.4 Å². The molecule has 2 N–H and O–H groups in total. The summed E-state index contributed by atoms with van der Waals surface area (Å²) in [5.41, 5.74) is 1.54. The quantitative estimate of drug-likeness (QED) is 0.229. The van der Waals surface area contributed by atoms with Crippen molar-refractivity contribution < 1.29 is 8.42 Å². The molecular formula is C20H21Cl2N5O2S. The van der Waals surface area contributed by atoms with E-state index in [0.717, 1.165) is 11.3 Å². The van der Waals surface area contributed by atoms with Crippen molar-refractivity contribution in [3.05, 3.63) is 54.4 Å². The molecule has 158 valence electrons. The summed E-state index contributed by atoms with van der Waals surface area (Å²) in [6, 6.07) is 10.1. The molecule has 0 aliphatic heterocycles. The summed E-state index contributed by atoms with van der Waals surface area (Å²) in [4.78, 5) is 8.55. The zero-order chi connectivity index (χ0) is 21.6. The number of hydrogen-bond acceptors (Lipinski definition) is 5. The van der Waals surface area contributed by atoms with Gasteiger partial charge in [-0.3, -0.25) is 10.3 Å². The molecule has 2 aromatic rings. The molecule has 0 saturated heterocycles. The van der Waals surface area contributed by atoms with Crippen LogP contribution in [0.3, 0.4) is 0 Å². The Labute approximate surface area is 186 Å². The van der Waals surface area contributed by atoms with Crippen molar-refractivity contribution in [1.29, 1.82) is 5.26 Å². The molecule has 0 bridgehead atoms. The molecule has 3 rings (SSSR count). The van der Waals surface area contributed by atoms with Gasteiger partial charge in [-0.25, -0.2) is 13.4 Å². The molecule has 30 heavy (non-hydrogen) atoms. The van der Waals surface area contributed by atoms with Gasteiger partial charge in [-0.15, -0.1) is 23.2 Å². The van der Waals surface area contributed by atoms with Crippen LogP contribution in [0.5, 0.6) is 0 Å². The largest absolute Gasteiger partial charge is 0.325 e. The molecule has 1 heterocycles. The number of rotatable bonds is 5. The standard InChI is InChI=1S/C20H21Cl2N5O2S/c21-18-6-5-17(11-19(18)22)30(28,29)16-3-1-14(2-4-16)12-25-20(26-13-23)27-15-7-9-24-10-8-15/h1-4,7-10,17-19H,5-6,11-12H2,(H2,24,25,26,27). The molecule has 0 amide bonds. The Morgan fingerprint density at radius 1 is 1.13 bits per heavy atom. The van der Waals surface area contributed by atoms with Crippen molar-refractivity contribution in [2.45, 2.75) is 46.7 Å². The fraction of sp³-hybridized carbons (Fsp3) is 0.350. The molecule has 1 fully saturated rings. The van der Waals surface area contributed by atoms with Crippen LogP contribution in [0.2, 0.25) is 0 Å². The van der Waals surface area contributed by atoms with E-state index in [1.807, 2.05) is 6.19 Å². The lowest BCUT2D eigenvalue weighted by atomic mass is 9.99. The van der Waals surface area contributed by atoms with Crippen molar-refractivity contribution in [2.24, 2.45) is 4.99 Å². The van der Waals surface area contributed by atoms with Crippen LogP contribution in [0.1, 0.15) is 24.8 Å². The van der Waals surface area contributed by atoms with E-state index in [9.17, 15) is 8.42 Å². The molecule has 1 aliphatic carbocycles. The highest BCUT2D eigenvalue weighted by molar-refractivity contribution is 7.92. The monoisotopic (exact) mass is 465 g/mol. The van der Waals surface area contributed by atoms with E-state index in [1.165, 1.54) is 0 Å². The Morgan fingerprint density at radius 3 is 2.47 bits per heavy atom. The second-order valence-corrected chi connectivity index (χ2v) is 10.3. The number of pyridine rings is 1. The zero-order valence-electron chi connectivity index (χ0n) is 16.0. The first-order valence-corrected chi connectivity index (χ1v) is 11.8. The van der Waals surface area contributed by atoms with Crippen molar-refractivity contribution in [3.63, 3.8) is 0 Å². The number of nitrogens with zero attached hydrogens (tertiary/aromatic N) is 3. The van der Waals surface area contributed by atoms with Crippen LogP contribution in [0, 0.1) is 11.5 Å². The summed E-state index contributed by atoms with van der Waals surface area (Å²) in [6.45, 7) is 0.267. The lowest BCUT2D eigenvalue weighted by Crippen LogP contribution is -2.34. The van der Waals surface area contributed by atoms with Gasteiger partial charge in [-0.05, 0) is 49.1 Å². The second kappa shape index (κ2) is 10.1.